The van der Waals surface area contributed by atoms with Crippen LogP contribution in [0.15, 0.2) is 0 Å². The minimum atomic E-state index is -1.21. The zero-order valence-corrected chi connectivity index (χ0v) is 15.1. The molecule has 148 valence electrons. The lowest BCUT2D eigenvalue weighted by atomic mass is 9.98. The molecule has 0 rings (SSSR count). The molecule has 0 aliphatic carbocycles. The molecule has 0 radical (unpaired) electrons. The van der Waals surface area contributed by atoms with Gasteiger partial charge in [0.2, 0.25) is 23.6 Å². The largest absolute Gasteiger partial charge is 0.480 e. The molecule has 0 aliphatic rings. The van der Waals surface area contributed by atoms with Crippen molar-refractivity contribution >= 4 is 29.6 Å². The number of hydrogen-bond acceptors (Lipinski definition) is 6. The Labute approximate surface area is 151 Å². The van der Waals surface area contributed by atoms with Crippen LogP contribution in [0.5, 0.6) is 0 Å². The third-order valence-electron chi connectivity index (χ3n) is 3.72. The molecule has 0 aromatic rings. The molecule has 0 bridgehead atoms. The van der Waals surface area contributed by atoms with Gasteiger partial charge >= 0.3 is 5.97 Å². The van der Waals surface area contributed by atoms with Gasteiger partial charge in [0.15, 0.2) is 0 Å². The number of primary amides is 1. The van der Waals surface area contributed by atoms with E-state index >= 15 is 0 Å². The molecule has 0 aromatic carbocycles. The molecule has 0 fully saturated rings. The lowest BCUT2D eigenvalue weighted by Crippen LogP contribution is -2.57. The summed E-state index contributed by atoms with van der Waals surface area (Å²) in [6.07, 6.45) is 0.183. The van der Waals surface area contributed by atoms with Crippen molar-refractivity contribution in [1.29, 1.82) is 0 Å². The van der Waals surface area contributed by atoms with E-state index < -0.39 is 54.3 Å². The first-order chi connectivity index (χ1) is 12.0. The molecule has 0 spiro atoms. The van der Waals surface area contributed by atoms with Crippen LogP contribution < -0.4 is 27.4 Å². The van der Waals surface area contributed by atoms with Crippen LogP contribution in [0.4, 0.5) is 0 Å². The fraction of sp³-hybridized carbons (Fsp3) is 0.667. The number of aliphatic carboxylic acids is 1. The number of amides is 4. The number of carboxylic acid groups (broad SMARTS) is 1. The Morgan fingerprint density at radius 3 is 2.04 bits per heavy atom. The molecule has 4 unspecified atom stereocenters. The van der Waals surface area contributed by atoms with E-state index in [4.69, 9.17) is 16.6 Å². The molecular formula is C15H27N5O6. The first kappa shape index (κ1) is 23.3. The highest BCUT2D eigenvalue weighted by molar-refractivity contribution is 5.94. The second-order valence-corrected chi connectivity index (χ2v) is 5.99. The van der Waals surface area contributed by atoms with Gasteiger partial charge in [-0.2, -0.15) is 0 Å². The molecular weight excluding hydrogens is 346 g/mol. The van der Waals surface area contributed by atoms with Gasteiger partial charge in [0.25, 0.3) is 0 Å². The number of carbonyl (C=O) groups is 5. The fourth-order valence-electron chi connectivity index (χ4n) is 1.95. The van der Waals surface area contributed by atoms with Gasteiger partial charge in [-0.1, -0.05) is 20.3 Å². The van der Waals surface area contributed by atoms with E-state index in [9.17, 15) is 24.0 Å². The predicted octanol–water partition coefficient (Wildman–Crippen LogP) is -2.57. The van der Waals surface area contributed by atoms with Gasteiger partial charge in [-0.05, 0) is 12.8 Å². The van der Waals surface area contributed by atoms with Crippen LogP contribution in [0.3, 0.4) is 0 Å². The standard InChI is InChI=1S/C15H27N5O6/c1-4-7(2)12(15(26)18-6-11(22)23)20-13(24)8(3)19-14(25)9(16)5-10(17)21/h7-9,12H,4-6,16H2,1-3H3,(H2,17,21)(H,18,26)(H,19,25)(H,20,24)(H,22,23). The summed E-state index contributed by atoms with van der Waals surface area (Å²) in [4.78, 5) is 57.5. The van der Waals surface area contributed by atoms with E-state index in [-0.39, 0.29) is 12.3 Å². The number of nitrogens with two attached hydrogens (primary N) is 2. The molecule has 4 atom stereocenters. The molecule has 0 saturated carbocycles. The second-order valence-electron chi connectivity index (χ2n) is 5.99. The maximum Gasteiger partial charge on any atom is 0.322 e. The molecule has 0 aliphatic heterocycles. The molecule has 0 heterocycles. The van der Waals surface area contributed by atoms with Crippen LogP contribution in [0, 0.1) is 5.92 Å². The van der Waals surface area contributed by atoms with Crippen molar-refractivity contribution in [2.24, 2.45) is 17.4 Å². The normalized spacial score (nSPS) is 15.1. The SMILES string of the molecule is CCC(C)C(NC(=O)C(C)NC(=O)C(N)CC(N)=O)C(=O)NCC(=O)O. The molecule has 4 amide bonds. The summed E-state index contributed by atoms with van der Waals surface area (Å²) in [6.45, 7) is 4.34. The van der Waals surface area contributed by atoms with E-state index in [1.54, 1.807) is 6.92 Å². The number of nitrogens with one attached hydrogen (secondary N) is 3. The number of carbonyl (C=O) groups excluding carboxylic acids is 4. The highest BCUT2D eigenvalue weighted by Crippen LogP contribution is 2.08. The van der Waals surface area contributed by atoms with Crippen LogP contribution in [-0.4, -0.2) is 59.4 Å². The maximum absolute atomic E-state index is 12.2. The maximum atomic E-state index is 12.2. The lowest BCUT2D eigenvalue weighted by molar-refractivity contribution is -0.139. The Balaban J connectivity index is 4.86. The van der Waals surface area contributed by atoms with E-state index in [0.29, 0.717) is 6.42 Å². The van der Waals surface area contributed by atoms with Crippen LogP contribution in [0.25, 0.3) is 0 Å². The minimum Gasteiger partial charge on any atom is -0.480 e. The second kappa shape index (κ2) is 11.0. The van der Waals surface area contributed by atoms with E-state index in [0.717, 1.165) is 0 Å². The highest BCUT2D eigenvalue weighted by Gasteiger charge is 2.29. The quantitative estimate of drug-likeness (QED) is 0.229. The van der Waals surface area contributed by atoms with Gasteiger partial charge in [0.05, 0.1) is 12.5 Å². The van der Waals surface area contributed by atoms with Crippen LogP contribution in [0.1, 0.15) is 33.6 Å². The average molecular weight is 373 g/mol. The molecule has 0 aromatic heterocycles. The molecule has 0 saturated heterocycles. The monoisotopic (exact) mass is 373 g/mol. The van der Waals surface area contributed by atoms with Crippen molar-refractivity contribution in [2.75, 3.05) is 6.54 Å². The van der Waals surface area contributed by atoms with Crippen molar-refractivity contribution in [3.8, 4) is 0 Å². The summed E-state index contributed by atoms with van der Waals surface area (Å²) in [7, 11) is 0. The topological polar surface area (TPSA) is 194 Å². The summed E-state index contributed by atoms with van der Waals surface area (Å²) in [6, 6.07) is -3.18. The van der Waals surface area contributed by atoms with Crippen LogP contribution in [0.2, 0.25) is 0 Å². The van der Waals surface area contributed by atoms with Crippen molar-refractivity contribution < 1.29 is 29.1 Å². The van der Waals surface area contributed by atoms with E-state index in [1.807, 2.05) is 6.92 Å². The number of rotatable bonds is 11. The lowest BCUT2D eigenvalue weighted by Gasteiger charge is -2.25. The van der Waals surface area contributed by atoms with Crippen LogP contribution in [-0.2, 0) is 24.0 Å². The third kappa shape index (κ3) is 8.42. The zero-order valence-electron chi connectivity index (χ0n) is 15.1. The summed E-state index contributed by atoms with van der Waals surface area (Å²) >= 11 is 0. The molecule has 11 nitrogen and oxygen atoms in total. The average Bonchev–Trinajstić information content (AvgIpc) is 2.55. The summed E-state index contributed by atoms with van der Waals surface area (Å²) in [5, 5.41) is 15.7. The Morgan fingerprint density at radius 1 is 1.00 bits per heavy atom. The minimum absolute atomic E-state index is 0.271. The van der Waals surface area contributed by atoms with Crippen LogP contribution >= 0.6 is 0 Å². The van der Waals surface area contributed by atoms with Gasteiger partial charge in [0, 0.05) is 0 Å². The summed E-state index contributed by atoms with van der Waals surface area (Å²) in [5.41, 5.74) is 10.4. The van der Waals surface area contributed by atoms with Gasteiger partial charge in [-0.3, -0.25) is 24.0 Å². The van der Waals surface area contributed by atoms with Gasteiger partial charge in [-0.25, -0.2) is 0 Å². The van der Waals surface area contributed by atoms with E-state index in [1.165, 1.54) is 6.92 Å². The van der Waals surface area contributed by atoms with Gasteiger partial charge in [-0.15, -0.1) is 0 Å². The summed E-state index contributed by atoms with van der Waals surface area (Å²) < 4.78 is 0. The Morgan fingerprint density at radius 2 is 1.58 bits per heavy atom. The Bertz CT molecular complexity index is 553. The smallest absolute Gasteiger partial charge is 0.322 e. The highest BCUT2D eigenvalue weighted by atomic mass is 16.4. The van der Waals surface area contributed by atoms with Gasteiger partial charge < -0.3 is 32.5 Å². The molecule has 8 N–H and O–H groups in total. The van der Waals surface area contributed by atoms with Crippen molar-refractivity contribution in [3.63, 3.8) is 0 Å². The Hall–Kier alpha value is -2.69. The summed E-state index contributed by atoms with van der Waals surface area (Å²) in [5.74, 6) is -4.26. The first-order valence-corrected chi connectivity index (χ1v) is 8.13. The molecule has 26 heavy (non-hydrogen) atoms. The number of hydrogen-bond donors (Lipinski definition) is 6. The third-order valence-corrected chi connectivity index (χ3v) is 3.72. The van der Waals surface area contributed by atoms with Crippen molar-refractivity contribution in [3.05, 3.63) is 0 Å². The first-order valence-electron chi connectivity index (χ1n) is 8.13. The zero-order chi connectivity index (χ0) is 20.4. The van der Waals surface area contributed by atoms with Gasteiger partial charge in [0.1, 0.15) is 18.6 Å². The van der Waals surface area contributed by atoms with Crippen molar-refractivity contribution in [1.82, 2.24) is 16.0 Å². The number of carboxylic acids is 1. The van der Waals surface area contributed by atoms with E-state index in [2.05, 4.69) is 16.0 Å². The molecule has 11 heteroatoms. The fourth-order valence-corrected chi connectivity index (χ4v) is 1.95. The Kier molecular flexibility index (Phi) is 9.89. The predicted molar refractivity (Wildman–Crippen MR) is 91.4 cm³/mol. The van der Waals surface area contributed by atoms with Crippen molar-refractivity contribution in [2.45, 2.75) is 51.7 Å².